The largest absolute Gasteiger partial charge is 0.460 e. The number of fused-ring (bicyclic) bond motifs is 3. The molecule has 0 aromatic heterocycles. The first-order valence-corrected chi connectivity index (χ1v) is 31.3. The van der Waals surface area contributed by atoms with Gasteiger partial charge in [-0.25, -0.2) is 4.79 Å². The van der Waals surface area contributed by atoms with E-state index in [1.165, 1.54) is 12.0 Å². The van der Waals surface area contributed by atoms with Gasteiger partial charge in [0.2, 0.25) is 5.79 Å². The molecule has 3 fully saturated rings. The molecule has 76 heavy (non-hydrogen) atoms. The van der Waals surface area contributed by atoms with Crippen molar-refractivity contribution in [3.05, 3.63) is 47.6 Å². The maximum atomic E-state index is 14.6. The molecule has 2 bridgehead atoms. The summed E-state index contributed by atoms with van der Waals surface area (Å²) < 4.78 is 42.9. The van der Waals surface area contributed by atoms with Crippen molar-refractivity contribution in [1.82, 2.24) is 4.90 Å². The first kappa shape index (κ1) is 65.3. The van der Waals surface area contributed by atoms with Gasteiger partial charge >= 0.3 is 5.97 Å². The van der Waals surface area contributed by atoms with E-state index in [0.717, 1.165) is 24.8 Å². The van der Waals surface area contributed by atoms with Gasteiger partial charge in [0.25, 0.3) is 11.7 Å². The van der Waals surface area contributed by atoms with Crippen LogP contribution >= 0.6 is 0 Å². The van der Waals surface area contributed by atoms with Gasteiger partial charge in [0.05, 0.1) is 24.4 Å². The van der Waals surface area contributed by atoms with E-state index >= 15 is 0 Å². The predicted molar refractivity (Wildman–Crippen MR) is 297 cm³/mol. The fraction of sp³-hybridized carbons (Fsp3) is 0.783. The highest BCUT2D eigenvalue weighted by Crippen LogP contribution is 2.39. The molecule has 0 spiro atoms. The Labute approximate surface area is 457 Å². The molecule has 3 heterocycles. The van der Waals surface area contributed by atoms with Gasteiger partial charge in [-0.05, 0) is 132 Å². The second kappa shape index (κ2) is 29.9. The summed E-state index contributed by atoms with van der Waals surface area (Å²) in [5, 5.41) is 23.7. The zero-order valence-corrected chi connectivity index (χ0v) is 50.1. The summed E-state index contributed by atoms with van der Waals surface area (Å²) in [5.74, 6) is -7.85. The van der Waals surface area contributed by atoms with Crippen LogP contribution in [0.15, 0.2) is 47.6 Å². The van der Waals surface area contributed by atoms with Gasteiger partial charge in [0.15, 0.2) is 14.1 Å². The smallest absolute Gasteiger partial charge is 0.329 e. The third-order valence-corrected chi connectivity index (χ3v) is 21.9. The number of amides is 1. The fourth-order valence-electron chi connectivity index (χ4n) is 11.1. The Morgan fingerprint density at radius 3 is 2.21 bits per heavy atom. The first-order valence-electron chi connectivity index (χ1n) is 28.4. The second-order valence-electron chi connectivity index (χ2n) is 24.4. The quantitative estimate of drug-likeness (QED) is 0.0617. The minimum absolute atomic E-state index is 0.0172. The van der Waals surface area contributed by atoms with Crippen LogP contribution in [0.1, 0.15) is 153 Å². The molecule has 2 N–H and O–H groups in total. The fourth-order valence-corrected chi connectivity index (χ4v) is 12.2. The van der Waals surface area contributed by atoms with E-state index in [4.69, 9.17) is 32.8 Å². The Morgan fingerprint density at radius 2 is 1.55 bits per heavy atom. The summed E-state index contributed by atoms with van der Waals surface area (Å²) >= 11 is 0. The Hall–Kier alpha value is -3.19. The molecular weight excluding hydrogens is 987 g/mol. The van der Waals surface area contributed by atoms with Crippen molar-refractivity contribution in [2.75, 3.05) is 41.1 Å². The van der Waals surface area contributed by atoms with Crippen LogP contribution in [0.4, 0.5) is 0 Å². The van der Waals surface area contributed by atoms with Crippen LogP contribution in [0.5, 0.6) is 0 Å². The second-order valence-corrected chi connectivity index (χ2v) is 29.2. The number of allylic oxidation sites excluding steroid dienone is 6. The molecule has 16 heteroatoms. The highest BCUT2D eigenvalue weighted by Gasteiger charge is 2.53. The van der Waals surface area contributed by atoms with Crippen molar-refractivity contribution in [2.45, 2.75) is 225 Å². The van der Waals surface area contributed by atoms with E-state index in [9.17, 15) is 34.2 Å². The van der Waals surface area contributed by atoms with Crippen molar-refractivity contribution < 1.29 is 67.0 Å². The molecule has 0 radical (unpaired) electrons. The van der Waals surface area contributed by atoms with E-state index in [0.29, 0.717) is 70.2 Å². The van der Waals surface area contributed by atoms with E-state index < -0.39 is 86.1 Å². The molecule has 1 saturated carbocycles. The molecule has 1 unspecified atom stereocenters. The lowest BCUT2D eigenvalue weighted by atomic mass is 9.78. The number of ether oxygens (including phenoxy) is 6. The Kier molecular flexibility index (Phi) is 25.7. The number of nitrogens with zero attached hydrogens (tertiary/aromatic N) is 1. The molecule has 15 atom stereocenters. The number of aliphatic hydroxyl groups excluding tert-OH is 1. The summed E-state index contributed by atoms with van der Waals surface area (Å²) in [4.78, 5) is 72.8. The summed E-state index contributed by atoms with van der Waals surface area (Å²) in [7, 11) is 2.81. The molecule has 432 valence electrons. The first-order chi connectivity index (χ1) is 35.7. The minimum atomic E-state index is -2.43. The molecule has 2 saturated heterocycles. The normalized spacial score (nSPS) is 36.8. The average molecular weight is 1090 g/mol. The van der Waals surface area contributed by atoms with Gasteiger partial charge in [0.1, 0.15) is 30.1 Å². The molecular formula is C60H99NO14Si. The molecule has 15 nitrogen and oxygen atoms in total. The lowest BCUT2D eigenvalue weighted by Gasteiger charge is -2.42. The van der Waals surface area contributed by atoms with Crippen LogP contribution in [0.3, 0.4) is 0 Å². The van der Waals surface area contributed by atoms with Crippen molar-refractivity contribution in [3.8, 4) is 0 Å². The Balaban J connectivity index is 1.64. The topological polar surface area (TPSA) is 194 Å². The highest BCUT2D eigenvalue weighted by atomic mass is 28.4. The van der Waals surface area contributed by atoms with Crippen LogP contribution < -0.4 is 0 Å². The molecule has 1 amide bonds. The maximum Gasteiger partial charge on any atom is 0.329 e. The number of rotatable bonds is 12. The number of esters is 1. The monoisotopic (exact) mass is 1090 g/mol. The lowest BCUT2D eigenvalue weighted by molar-refractivity contribution is -0.265. The number of aliphatic hydroxyl groups is 2. The number of cyclic esters (lactones) is 1. The van der Waals surface area contributed by atoms with Crippen molar-refractivity contribution in [3.63, 3.8) is 0 Å². The number of carbonyl (C=O) groups is 5. The van der Waals surface area contributed by atoms with Crippen LogP contribution in [0.2, 0.25) is 18.1 Å². The van der Waals surface area contributed by atoms with E-state index in [1.54, 1.807) is 41.1 Å². The third-order valence-electron chi connectivity index (χ3n) is 17.3. The number of hydrogen-bond acceptors (Lipinski definition) is 14. The number of hydrogen-bond donors (Lipinski definition) is 2. The molecule has 0 aromatic carbocycles. The zero-order valence-electron chi connectivity index (χ0n) is 49.1. The van der Waals surface area contributed by atoms with Crippen LogP contribution in [0, 0.1) is 35.5 Å². The van der Waals surface area contributed by atoms with Crippen LogP contribution in [-0.4, -0.2) is 148 Å². The van der Waals surface area contributed by atoms with Gasteiger partial charge in [-0.1, -0.05) is 91.8 Å². The minimum Gasteiger partial charge on any atom is -0.460 e. The molecule has 4 aliphatic rings. The predicted octanol–water partition coefficient (Wildman–Crippen LogP) is 9.62. The van der Waals surface area contributed by atoms with Crippen molar-refractivity contribution >= 4 is 37.5 Å². The van der Waals surface area contributed by atoms with Gasteiger partial charge in [-0.3, -0.25) is 19.2 Å². The van der Waals surface area contributed by atoms with Gasteiger partial charge in [0, 0.05) is 71.7 Å². The van der Waals surface area contributed by atoms with Crippen LogP contribution in [0.25, 0.3) is 0 Å². The van der Waals surface area contributed by atoms with Crippen LogP contribution in [-0.2, 0) is 56.8 Å². The number of methoxy groups -OCH3 is 3. The number of ketones is 3. The van der Waals surface area contributed by atoms with Gasteiger partial charge in [-0.15, -0.1) is 0 Å². The number of Topliss-reactive ketones (excluding diaryl/α,β-unsaturated/α-hetero) is 3. The van der Waals surface area contributed by atoms with Gasteiger partial charge in [-0.2, -0.15) is 0 Å². The van der Waals surface area contributed by atoms with Crippen molar-refractivity contribution in [1.29, 1.82) is 0 Å². The summed E-state index contributed by atoms with van der Waals surface area (Å²) in [6, 6.07) is -1.14. The summed E-state index contributed by atoms with van der Waals surface area (Å²) in [5.41, 5.74) is 1.28. The van der Waals surface area contributed by atoms with Gasteiger partial charge < -0.3 is 48.0 Å². The van der Waals surface area contributed by atoms with E-state index in [1.807, 2.05) is 58.1 Å². The SMILES string of the molecule is CO[C@H]1C[C@@H]2CCC(C)[C@@](O)(O2)C(=O)C(=O)N2CCCC[C@H]2C(=O)O[C@H]([C@H](C)C[C@@H]2CC[C@@H](OCCCO[Si](C)(C)C(C)(C)C)[C@H](OC)C2)CC(=O)[C@H](C)/C=C(\C)[C@@H](O)[C@@H](OC)C(=O)[C@H](C)C[C@H](C)/C=C/C=C/C=C/1C. The standard InChI is InChI=1S/C60H99NO14Si/c1-38-22-17-16-18-23-39(2)50(69-11)36-46-27-25-44(7)60(68,75-46)56(65)57(66)61-29-20-19-24-47(61)58(67)74-51(37-48(62)40(3)33-43(6)54(64)55(71-13)53(63)42(5)32-38)41(4)34-45-26-28-49(52(35-45)70-12)72-30-21-31-73-76(14,15)59(8,9)10/h16-18,22-23,33,38,40-42,44-47,49-52,54-55,64,68H,19-21,24-32,34-37H2,1-15H3/b18-16+,22-17+,39-23+,43-33+/t38-,40-,41-,42-,44?,45+,46+,47+,49-,50+,51+,52-,54-,55+,60-/m1/s1. The maximum absolute atomic E-state index is 14.6. The molecule has 0 aromatic rings. The van der Waals surface area contributed by atoms with E-state index in [2.05, 4.69) is 33.9 Å². The Morgan fingerprint density at radius 1 is 0.842 bits per heavy atom. The summed E-state index contributed by atoms with van der Waals surface area (Å²) in [6.45, 7) is 25.3. The highest BCUT2D eigenvalue weighted by molar-refractivity contribution is 6.74. The number of piperidine rings is 1. The van der Waals surface area contributed by atoms with E-state index in [-0.39, 0.29) is 66.0 Å². The number of carbonyl (C=O) groups excluding carboxylic acids is 5. The third kappa shape index (κ3) is 17.9. The Bertz CT molecular complexity index is 2040. The zero-order chi connectivity index (χ0) is 56.7. The lowest BCUT2D eigenvalue weighted by Crippen LogP contribution is -2.61. The molecule has 3 aliphatic heterocycles. The average Bonchev–Trinajstić information content (AvgIpc) is 3.37. The summed E-state index contributed by atoms with van der Waals surface area (Å²) in [6.07, 6.45) is 13.3. The van der Waals surface area contributed by atoms with Crippen molar-refractivity contribution in [2.24, 2.45) is 35.5 Å². The molecule has 4 rings (SSSR count). The molecule has 1 aliphatic carbocycles.